The molecule has 0 saturated heterocycles. The number of rotatable bonds is 5. The molecule has 23 heavy (non-hydrogen) atoms. The Labute approximate surface area is 141 Å². The van der Waals surface area contributed by atoms with Crippen LogP contribution in [0.15, 0.2) is 35.4 Å². The first-order chi connectivity index (χ1) is 10.9. The monoisotopic (exact) mass is 354 g/mol. The largest absolute Gasteiger partial charge is 0.865 e. The van der Waals surface area contributed by atoms with Crippen molar-refractivity contribution in [3.63, 3.8) is 0 Å². The number of hydrazone groups is 1. The van der Waals surface area contributed by atoms with E-state index in [4.69, 9.17) is 27.9 Å². The predicted octanol–water partition coefficient (Wildman–Crippen LogP) is 3.43. The molecule has 1 N–H and O–H groups in total. The molecule has 9 heteroatoms. The molecule has 2 aromatic carbocycles. The van der Waals surface area contributed by atoms with Crippen LogP contribution < -0.4 is 15.3 Å². The van der Waals surface area contributed by atoms with Gasteiger partial charge in [0.15, 0.2) is 0 Å². The molecule has 0 fully saturated rings. The lowest BCUT2D eigenvalue weighted by molar-refractivity contribution is -0.398. The summed E-state index contributed by atoms with van der Waals surface area (Å²) in [4.78, 5) is 10.1. The van der Waals surface area contributed by atoms with Gasteiger partial charge in [-0.3, -0.25) is 15.5 Å². The molecule has 120 valence electrons. The minimum Gasteiger partial charge on any atom is -0.865 e. The molecule has 0 unspecified atom stereocenters. The third-order valence-corrected chi connectivity index (χ3v) is 3.35. The molecule has 0 aromatic heterocycles. The van der Waals surface area contributed by atoms with Crippen molar-refractivity contribution < 1.29 is 14.8 Å². The van der Waals surface area contributed by atoms with Gasteiger partial charge >= 0.3 is 0 Å². The first-order valence-corrected chi connectivity index (χ1v) is 6.95. The quantitative estimate of drug-likeness (QED) is 0.503. The highest BCUT2D eigenvalue weighted by Gasteiger charge is 2.12. The molecule has 2 aromatic rings. The Hall–Kier alpha value is -2.51. The van der Waals surface area contributed by atoms with E-state index in [1.807, 2.05) is 0 Å². The SMILES string of the molecule is COc1cc(/C=N\Nc2ccc(Cl)cc2Cl)cc([N+](=O)[O-])c1[O-]. The lowest BCUT2D eigenvalue weighted by Crippen LogP contribution is -2.02. The van der Waals surface area contributed by atoms with E-state index in [2.05, 4.69) is 10.5 Å². The van der Waals surface area contributed by atoms with Crippen molar-refractivity contribution in [1.29, 1.82) is 0 Å². The summed E-state index contributed by atoms with van der Waals surface area (Å²) >= 11 is 11.8. The average molecular weight is 355 g/mol. The number of ether oxygens (including phenoxy) is 1. The van der Waals surface area contributed by atoms with Crippen LogP contribution in [0.25, 0.3) is 0 Å². The van der Waals surface area contributed by atoms with Gasteiger partial charge in [0.05, 0.1) is 29.0 Å². The maximum Gasteiger partial charge on any atom is 0.266 e. The zero-order valence-corrected chi connectivity index (χ0v) is 13.3. The molecule has 0 saturated carbocycles. The Balaban J connectivity index is 2.25. The molecular weight excluding hydrogens is 345 g/mol. The van der Waals surface area contributed by atoms with Crippen LogP contribution in [-0.4, -0.2) is 18.2 Å². The van der Waals surface area contributed by atoms with Crippen molar-refractivity contribution in [2.45, 2.75) is 0 Å². The maximum atomic E-state index is 11.7. The molecule has 0 heterocycles. The number of anilines is 1. The Morgan fingerprint density at radius 2 is 2.04 bits per heavy atom. The van der Waals surface area contributed by atoms with Crippen LogP contribution in [0.3, 0.4) is 0 Å². The Morgan fingerprint density at radius 3 is 2.65 bits per heavy atom. The van der Waals surface area contributed by atoms with Gasteiger partial charge in [0, 0.05) is 22.4 Å². The highest BCUT2D eigenvalue weighted by Crippen LogP contribution is 2.34. The lowest BCUT2D eigenvalue weighted by Gasteiger charge is -2.13. The van der Waals surface area contributed by atoms with Gasteiger partial charge < -0.3 is 9.84 Å². The fraction of sp³-hybridized carbons (Fsp3) is 0.0714. The normalized spacial score (nSPS) is 10.7. The molecule has 0 radical (unpaired) electrons. The van der Waals surface area contributed by atoms with Crippen LogP contribution >= 0.6 is 23.2 Å². The van der Waals surface area contributed by atoms with Crippen LogP contribution in [-0.2, 0) is 0 Å². The molecule has 0 bridgehead atoms. The van der Waals surface area contributed by atoms with Crippen molar-refractivity contribution in [3.8, 4) is 11.5 Å². The zero-order chi connectivity index (χ0) is 17.0. The van der Waals surface area contributed by atoms with Crippen LogP contribution in [0, 0.1) is 10.1 Å². The molecule has 7 nitrogen and oxygen atoms in total. The highest BCUT2D eigenvalue weighted by atomic mass is 35.5. The van der Waals surface area contributed by atoms with Gasteiger partial charge in [-0.2, -0.15) is 5.10 Å². The standard InChI is InChI=1S/C14H11Cl2N3O4/c1-23-13-5-8(4-12(14(13)20)19(21)22)7-17-18-11-3-2-9(15)6-10(11)16/h2-7,18,20H,1H3/p-1/b17-7-. The van der Waals surface area contributed by atoms with E-state index < -0.39 is 16.4 Å². The first kappa shape index (κ1) is 16.9. The molecule has 0 atom stereocenters. The summed E-state index contributed by atoms with van der Waals surface area (Å²) in [7, 11) is 1.26. The number of hydrogen-bond donors (Lipinski definition) is 1. The topological polar surface area (TPSA) is 99.8 Å². The number of benzene rings is 2. The van der Waals surface area contributed by atoms with E-state index >= 15 is 0 Å². The summed E-state index contributed by atoms with van der Waals surface area (Å²) in [6.45, 7) is 0. The van der Waals surface area contributed by atoms with Crippen molar-refractivity contribution in [1.82, 2.24) is 0 Å². The molecule has 0 spiro atoms. The van der Waals surface area contributed by atoms with Gasteiger partial charge in [-0.25, -0.2) is 0 Å². The van der Waals surface area contributed by atoms with Gasteiger partial charge in [-0.05, 0) is 24.3 Å². The van der Waals surface area contributed by atoms with Crippen molar-refractivity contribution >= 4 is 40.8 Å². The van der Waals surface area contributed by atoms with Gasteiger partial charge in [0.25, 0.3) is 5.69 Å². The molecule has 0 aliphatic rings. The lowest BCUT2D eigenvalue weighted by atomic mass is 10.2. The zero-order valence-electron chi connectivity index (χ0n) is 11.7. The second-order valence-corrected chi connectivity index (χ2v) is 5.17. The minimum absolute atomic E-state index is 0.134. The fourth-order valence-electron chi connectivity index (χ4n) is 1.73. The van der Waals surface area contributed by atoms with Gasteiger partial charge in [0.2, 0.25) is 0 Å². The van der Waals surface area contributed by atoms with Gasteiger partial charge in [-0.1, -0.05) is 23.2 Å². The second-order valence-electron chi connectivity index (χ2n) is 4.32. The Morgan fingerprint density at radius 1 is 1.30 bits per heavy atom. The summed E-state index contributed by atoms with van der Waals surface area (Å²) in [5, 5.41) is 27.4. The number of nitro benzene ring substituents is 1. The van der Waals surface area contributed by atoms with Gasteiger partial charge in [0.1, 0.15) is 5.75 Å². The van der Waals surface area contributed by atoms with Gasteiger partial charge in [-0.15, -0.1) is 0 Å². The third kappa shape index (κ3) is 4.02. The summed E-state index contributed by atoms with van der Waals surface area (Å²) < 4.78 is 4.84. The Bertz CT molecular complexity index is 781. The van der Waals surface area contributed by atoms with E-state index in [-0.39, 0.29) is 5.75 Å². The smallest absolute Gasteiger partial charge is 0.266 e. The fourth-order valence-corrected chi connectivity index (χ4v) is 2.18. The third-order valence-electron chi connectivity index (χ3n) is 2.80. The van der Waals surface area contributed by atoms with Crippen LogP contribution in [0.2, 0.25) is 10.0 Å². The minimum atomic E-state index is -0.789. The second kappa shape index (κ2) is 7.17. The number of nitrogens with zero attached hydrogens (tertiary/aromatic N) is 2. The van der Waals surface area contributed by atoms with Crippen LogP contribution in [0.4, 0.5) is 11.4 Å². The predicted molar refractivity (Wildman–Crippen MR) is 86.8 cm³/mol. The van der Waals surface area contributed by atoms with E-state index in [9.17, 15) is 15.2 Å². The number of methoxy groups -OCH3 is 1. The number of nitro groups is 1. The summed E-state index contributed by atoms with van der Waals surface area (Å²) in [5.41, 5.74) is 2.93. The van der Waals surface area contributed by atoms with Crippen molar-refractivity contribution in [2.75, 3.05) is 12.5 Å². The molecule has 0 aliphatic carbocycles. The number of halogens is 2. The maximum absolute atomic E-state index is 11.7. The number of nitrogens with one attached hydrogen (secondary N) is 1. The van der Waals surface area contributed by atoms with E-state index in [1.165, 1.54) is 19.4 Å². The highest BCUT2D eigenvalue weighted by molar-refractivity contribution is 6.36. The number of hydrogen-bond acceptors (Lipinski definition) is 6. The molecule has 2 rings (SSSR count). The molecular formula is C14H10Cl2N3O4-. The van der Waals surface area contributed by atoms with E-state index in [1.54, 1.807) is 18.2 Å². The Kier molecular flexibility index (Phi) is 5.25. The van der Waals surface area contributed by atoms with Crippen molar-refractivity contribution in [3.05, 3.63) is 56.1 Å². The van der Waals surface area contributed by atoms with Crippen LogP contribution in [0.5, 0.6) is 11.5 Å². The summed E-state index contributed by atoms with van der Waals surface area (Å²) in [6.07, 6.45) is 1.31. The first-order valence-electron chi connectivity index (χ1n) is 6.20. The summed E-state index contributed by atoms with van der Waals surface area (Å²) in [6, 6.07) is 7.27. The molecule has 0 aliphatic heterocycles. The van der Waals surface area contributed by atoms with Crippen molar-refractivity contribution in [2.24, 2.45) is 5.10 Å². The average Bonchev–Trinajstić information content (AvgIpc) is 2.50. The van der Waals surface area contributed by atoms with E-state index in [0.29, 0.717) is 21.3 Å². The summed E-state index contributed by atoms with van der Waals surface area (Å²) in [5.74, 6) is -0.923. The molecule has 0 amide bonds. The van der Waals surface area contributed by atoms with Crippen LogP contribution in [0.1, 0.15) is 5.56 Å². The van der Waals surface area contributed by atoms with E-state index in [0.717, 1.165) is 6.07 Å².